The fourth-order valence-electron chi connectivity index (χ4n) is 4.37. The van der Waals surface area contributed by atoms with Gasteiger partial charge in [-0.3, -0.25) is 14.8 Å². The van der Waals surface area contributed by atoms with Gasteiger partial charge in [0.1, 0.15) is 0 Å². The second-order valence-electron chi connectivity index (χ2n) is 8.43. The predicted molar refractivity (Wildman–Crippen MR) is 112 cm³/mol. The van der Waals surface area contributed by atoms with Crippen molar-refractivity contribution in [2.45, 2.75) is 32.2 Å². The molecule has 0 aliphatic carbocycles. The summed E-state index contributed by atoms with van der Waals surface area (Å²) in [5.41, 5.74) is 0.676. The molecule has 1 aromatic carbocycles. The first-order valence-electron chi connectivity index (χ1n) is 10.6. The Morgan fingerprint density at radius 2 is 1.87 bits per heavy atom. The van der Waals surface area contributed by atoms with Gasteiger partial charge in [-0.15, -0.1) is 0 Å². The summed E-state index contributed by atoms with van der Waals surface area (Å²) in [6.45, 7) is 11.6. The first-order chi connectivity index (χ1) is 14.3. The summed E-state index contributed by atoms with van der Waals surface area (Å²) in [6, 6.07) is 6.26. The maximum atomic E-state index is 13.0. The molecule has 1 unspecified atom stereocenters. The summed E-state index contributed by atoms with van der Waals surface area (Å²) >= 11 is 0. The van der Waals surface area contributed by atoms with Gasteiger partial charge in [0, 0.05) is 69.1 Å². The molecule has 0 radical (unpaired) electrons. The van der Waals surface area contributed by atoms with E-state index >= 15 is 0 Å². The van der Waals surface area contributed by atoms with E-state index in [9.17, 15) is 13.2 Å². The monoisotopic (exact) mass is 422 g/mol. The lowest BCUT2D eigenvalue weighted by Crippen LogP contribution is -2.53. The Kier molecular flexibility index (Phi) is 6.18. The van der Waals surface area contributed by atoms with Gasteiger partial charge in [-0.05, 0) is 32.0 Å². The lowest BCUT2D eigenvalue weighted by atomic mass is 10.1. The zero-order valence-corrected chi connectivity index (χ0v) is 17.5. The van der Waals surface area contributed by atoms with Crippen molar-refractivity contribution >= 4 is 16.6 Å². The van der Waals surface area contributed by atoms with Crippen LogP contribution in [0.2, 0.25) is 0 Å². The van der Waals surface area contributed by atoms with E-state index in [1.165, 1.54) is 0 Å². The van der Waals surface area contributed by atoms with E-state index in [1.54, 1.807) is 12.3 Å². The van der Waals surface area contributed by atoms with Crippen LogP contribution < -0.4 is 4.90 Å². The molecule has 2 aliphatic rings. The minimum Gasteiger partial charge on any atom is -0.374 e. The van der Waals surface area contributed by atoms with Gasteiger partial charge in [-0.1, -0.05) is 6.07 Å². The van der Waals surface area contributed by atoms with Crippen LogP contribution in [0.5, 0.6) is 0 Å². The number of rotatable bonds is 4. The maximum Gasteiger partial charge on any atom is 0.416 e. The highest BCUT2D eigenvalue weighted by Gasteiger charge is 2.31. The van der Waals surface area contributed by atoms with Gasteiger partial charge in [0.25, 0.3) is 0 Å². The minimum absolute atomic E-state index is 0.232. The first-order valence-corrected chi connectivity index (χ1v) is 10.6. The Balaban J connectivity index is 1.40. The van der Waals surface area contributed by atoms with Crippen LogP contribution in [0, 0.1) is 0 Å². The van der Waals surface area contributed by atoms with Crippen LogP contribution in [0.15, 0.2) is 30.5 Å². The average molecular weight is 422 g/mol. The molecule has 8 heteroatoms. The quantitative estimate of drug-likeness (QED) is 0.753. The second-order valence-corrected chi connectivity index (χ2v) is 8.43. The van der Waals surface area contributed by atoms with Gasteiger partial charge >= 0.3 is 6.18 Å². The smallest absolute Gasteiger partial charge is 0.374 e. The number of pyridine rings is 1. The van der Waals surface area contributed by atoms with Gasteiger partial charge in [0.2, 0.25) is 0 Å². The Morgan fingerprint density at radius 1 is 1.10 bits per heavy atom. The van der Waals surface area contributed by atoms with E-state index in [1.807, 2.05) is 6.07 Å². The summed E-state index contributed by atoms with van der Waals surface area (Å²) in [6.07, 6.45) is -2.53. The average Bonchev–Trinajstić information content (AvgIpc) is 2.73. The van der Waals surface area contributed by atoms with Crippen molar-refractivity contribution in [1.29, 1.82) is 0 Å². The molecule has 0 spiro atoms. The fraction of sp³-hybridized carbons (Fsp3) is 0.591. The number of aromatic nitrogens is 1. The number of fused-ring (bicyclic) bond motifs is 1. The Labute approximate surface area is 175 Å². The molecule has 164 valence electrons. The van der Waals surface area contributed by atoms with E-state index < -0.39 is 11.7 Å². The molecule has 3 heterocycles. The molecule has 2 fully saturated rings. The van der Waals surface area contributed by atoms with Gasteiger partial charge in [0.15, 0.2) is 0 Å². The standard InChI is InChI=1S/C22H29F3N4O/c1-16(2)29-11-12-30-18(15-29)14-27-7-9-28(10-8-27)21-5-6-26-20-13-17(22(23,24)25)3-4-19(20)21/h3-6,13,16,18H,7-12,14-15H2,1-2H3. The number of alkyl halides is 3. The predicted octanol–water partition coefficient (Wildman–Crippen LogP) is 3.48. The summed E-state index contributed by atoms with van der Waals surface area (Å²) in [4.78, 5) is 11.3. The molecule has 1 aromatic heterocycles. The number of benzene rings is 1. The molecule has 1 atom stereocenters. The number of hydrogen-bond acceptors (Lipinski definition) is 5. The van der Waals surface area contributed by atoms with Gasteiger partial charge in [0.05, 0.1) is 23.8 Å². The van der Waals surface area contributed by atoms with E-state index in [0.29, 0.717) is 11.6 Å². The lowest BCUT2D eigenvalue weighted by molar-refractivity contribution is -0.137. The highest BCUT2D eigenvalue weighted by Crippen LogP contribution is 2.33. The second kappa shape index (κ2) is 8.69. The zero-order chi connectivity index (χ0) is 21.3. The maximum absolute atomic E-state index is 13.0. The number of anilines is 1. The van der Waals surface area contributed by atoms with Crippen molar-refractivity contribution in [3.8, 4) is 0 Å². The van der Waals surface area contributed by atoms with E-state index in [4.69, 9.17) is 4.74 Å². The lowest BCUT2D eigenvalue weighted by Gasteiger charge is -2.41. The van der Waals surface area contributed by atoms with Crippen molar-refractivity contribution in [1.82, 2.24) is 14.8 Å². The highest BCUT2D eigenvalue weighted by molar-refractivity contribution is 5.92. The Hall–Kier alpha value is -1.90. The van der Waals surface area contributed by atoms with Crippen molar-refractivity contribution in [2.75, 3.05) is 57.3 Å². The SMILES string of the molecule is CC(C)N1CCOC(CN2CCN(c3ccnc4cc(C(F)(F)F)ccc34)CC2)C1. The molecule has 0 amide bonds. The summed E-state index contributed by atoms with van der Waals surface area (Å²) in [5, 5.41) is 0.766. The van der Waals surface area contributed by atoms with E-state index in [-0.39, 0.29) is 6.10 Å². The molecule has 2 aliphatic heterocycles. The normalized spacial score (nSPS) is 22.2. The number of hydrogen-bond donors (Lipinski definition) is 0. The minimum atomic E-state index is -4.36. The molecule has 0 bridgehead atoms. The molecular formula is C22H29F3N4O. The molecule has 2 saturated heterocycles. The van der Waals surface area contributed by atoms with Crippen molar-refractivity contribution in [3.63, 3.8) is 0 Å². The zero-order valence-electron chi connectivity index (χ0n) is 17.5. The third kappa shape index (κ3) is 4.71. The van der Waals surface area contributed by atoms with Crippen LogP contribution in [0.1, 0.15) is 19.4 Å². The highest BCUT2D eigenvalue weighted by atomic mass is 19.4. The number of piperazine rings is 1. The fourth-order valence-corrected chi connectivity index (χ4v) is 4.37. The van der Waals surface area contributed by atoms with Crippen LogP contribution in [0.25, 0.3) is 10.9 Å². The van der Waals surface area contributed by atoms with Crippen LogP contribution in [0.4, 0.5) is 18.9 Å². The third-order valence-electron chi connectivity index (χ3n) is 6.12. The Bertz CT molecular complexity index is 865. The van der Waals surface area contributed by atoms with E-state index in [0.717, 1.165) is 75.6 Å². The Morgan fingerprint density at radius 3 is 2.57 bits per heavy atom. The van der Waals surface area contributed by atoms with Gasteiger partial charge < -0.3 is 9.64 Å². The van der Waals surface area contributed by atoms with Crippen LogP contribution in [0.3, 0.4) is 0 Å². The number of ether oxygens (including phenoxy) is 1. The molecule has 0 N–H and O–H groups in total. The molecule has 2 aromatic rings. The molecule has 30 heavy (non-hydrogen) atoms. The largest absolute Gasteiger partial charge is 0.416 e. The van der Waals surface area contributed by atoms with Crippen LogP contribution >= 0.6 is 0 Å². The van der Waals surface area contributed by atoms with Crippen LogP contribution in [-0.4, -0.2) is 79.3 Å². The van der Waals surface area contributed by atoms with Gasteiger partial charge in [-0.2, -0.15) is 13.2 Å². The summed E-state index contributed by atoms with van der Waals surface area (Å²) < 4.78 is 45.0. The van der Waals surface area contributed by atoms with Crippen molar-refractivity contribution in [2.24, 2.45) is 0 Å². The summed E-state index contributed by atoms with van der Waals surface area (Å²) in [5.74, 6) is 0. The first kappa shape index (κ1) is 21.3. The number of nitrogens with zero attached hydrogens (tertiary/aromatic N) is 4. The van der Waals surface area contributed by atoms with Crippen LogP contribution in [-0.2, 0) is 10.9 Å². The van der Waals surface area contributed by atoms with Crippen molar-refractivity contribution < 1.29 is 17.9 Å². The molecular weight excluding hydrogens is 393 g/mol. The number of halogens is 3. The molecule has 5 nitrogen and oxygen atoms in total. The molecule has 4 rings (SSSR count). The third-order valence-corrected chi connectivity index (χ3v) is 6.12. The summed E-state index contributed by atoms with van der Waals surface area (Å²) in [7, 11) is 0. The topological polar surface area (TPSA) is 31.8 Å². The van der Waals surface area contributed by atoms with Gasteiger partial charge in [-0.25, -0.2) is 0 Å². The van der Waals surface area contributed by atoms with E-state index in [2.05, 4.69) is 33.5 Å². The van der Waals surface area contributed by atoms with Crippen molar-refractivity contribution in [3.05, 3.63) is 36.0 Å². The molecule has 0 saturated carbocycles. The number of morpholine rings is 1.